The number of halogens is 3. The Kier molecular flexibility index (Phi) is 5.32. The second-order valence-corrected chi connectivity index (χ2v) is 8.14. The third-order valence-corrected chi connectivity index (χ3v) is 5.95. The molecule has 2 aromatic carbocycles. The number of alkyl halides is 3. The van der Waals surface area contributed by atoms with E-state index in [0.29, 0.717) is 40.9 Å². The van der Waals surface area contributed by atoms with E-state index >= 15 is 0 Å². The van der Waals surface area contributed by atoms with E-state index in [-0.39, 0.29) is 11.8 Å². The predicted octanol–water partition coefficient (Wildman–Crippen LogP) is 5.06. The van der Waals surface area contributed by atoms with Crippen LogP contribution < -0.4 is 0 Å². The number of H-pyrrole nitrogens is 1. The molecule has 6 nitrogen and oxygen atoms in total. The Morgan fingerprint density at radius 1 is 1.00 bits per heavy atom. The molecule has 0 unspecified atom stereocenters. The first-order valence-corrected chi connectivity index (χ1v) is 10.6. The van der Waals surface area contributed by atoms with E-state index < -0.39 is 11.7 Å². The van der Waals surface area contributed by atoms with Gasteiger partial charge >= 0.3 is 6.18 Å². The fraction of sp³-hybridized carbons (Fsp3) is 0.250. The summed E-state index contributed by atoms with van der Waals surface area (Å²) in [6.45, 7) is 1.13. The fourth-order valence-corrected chi connectivity index (χ4v) is 4.25. The van der Waals surface area contributed by atoms with Crippen molar-refractivity contribution >= 4 is 16.9 Å². The van der Waals surface area contributed by atoms with Crippen LogP contribution in [0.3, 0.4) is 0 Å². The molecule has 1 saturated heterocycles. The molecule has 0 saturated carbocycles. The number of hydrogen-bond acceptors (Lipinski definition) is 4. The van der Waals surface area contributed by atoms with Crippen LogP contribution in [-0.2, 0) is 6.18 Å². The average Bonchev–Trinajstić information content (AvgIpc) is 3.31. The number of likely N-dealkylation sites (tertiary alicyclic amines) is 1. The molecule has 33 heavy (non-hydrogen) atoms. The molecule has 0 radical (unpaired) electrons. The Bertz CT molecular complexity index is 1320. The number of pyridine rings is 1. The molecule has 1 N–H and O–H groups in total. The number of benzene rings is 2. The van der Waals surface area contributed by atoms with E-state index in [0.717, 1.165) is 30.7 Å². The smallest absolute Gasteiger partial charge is 0.338 e. The lowest BCUT2D eigenvalue weighted by molar-refractivity contribution is -0.137. The summed E-state index contributed by atoms with van der Waals surface area (Å²) in [5.74, 6) is -0.0807. The number of piperidine rings is 1. The molecule has 0 aliphatic carbocycles. The topological polar surface area (TPSA) is 74.8 Å². The number of amides is 1. The minimum Gasteiger partial charge on any atom is -0.338 e. The largest absolute Gasteiger partial charge is 0.416 e. The third-order valence-electron chi connectivity index (χ3n) is 5.95. The molecule has 168 valence electrons. The van der Waals surface area contributed by atoms with Crippen molar-refractivity contribution in [2.75, 3.05) is 13.1 Å². The second kappa shape index (κ2) is 8.31. The van der Waals surface area contributed by atoms with E-state index in [4.69, 9.17) is 0 Å². The van der Waals surface area contributed by atoms with Gasteiger partial charge in [-0.2, -0.15) is 28.6 Å². The first kappa shape index (κ1) is 21.1. The van der Waals surface area contributed by atoms with Crippen molar-refractivity contribution < 1.29 is 18.0 Å². The van der Waals surface area contributed by atoms with Crippen LogP contribution >= 0.6 is 0 Å². The summed E-state index contributed by atoms with van der Waals surface area (Å²) >= 11 is 0. The van der Waals surface area contributed by atoms with Gasteiger partial charge in [-0.25, -0.2) is 0 Å². The second-order valence-electron chi connectivity index (χ2n) is 8.14. The number of hydrogen-bond donors (Lipinski definition) is 1. The summed E-state index contributed by atoms with van der Waals surface area (Å²) in [5, 5.41) is 10.6. The highest BCUT2D eigenvalue weighted by molar-refractivity contribution is 5.97. The maximum absolute atomic E-state index is 13.1. The Hall–Kier alpha value is -3.75. The van der Waals surface area contributed by atoms with Crippen LogP contribution in [0.4, 0.5) is 13.2 Å². The number of rotatable bonds is 3. The van der Waals surface area contributed by atoms with Crippen LogP contribution in [0.2, 0.25) is 0 Å². The van der Waals surface area contributed by atoms with Crippen LogP contribution in [0, 0.1) is 0 Å². The SMILES string of the molecule is O=C(c1ccc2n[nH]nc2c1)N1CCC[C@@H](c2cccc(-c3cccc(C(F)(F)F)c3)n2)C1. The Morgan fingerprint density at radius 2 is 1.82 bits per heavy atom. The molecule has 3 heterocycles. The number of carbonyl (C=O) groups excluding carboxylic acids is 1. The number of nitrogens with zero attached hydrogens (tertiary/aromatic N) is 4. The lowest BCUT2D eigenvalue weighted by atomic mass is 9.93. The molecule has 1 fully saturated rings. The van der Waals surface area contributed by atoms with Gasteiger partial charge in [0.25, 0.3) is 5.91 Å². The summed E-state index contributed by atoms with van der Waals surface area (Å²) < 4.78 is 39.3. The molecule has 9 heteroatoms. The molecular weight excluding hydrogens is 431 g/mol. The standard InChI is InChI=1S/C24H20F3N5O/c25-24(26,27)18-6-1-4-15(12-18)19-7-2-8-20(28-19)17-5-3-11-32(14-17)23(33)16-9-10-21-22(13-16)30-31-29-21/h1-2,4,6-10,12-13,17H,3,5,11,14H2,(H,29,30,31)/t17-/m1/s1. The highest BCUT2D eigenvalue weighted by Crippen LogP contribution is 2.33. The molecule has 5 rings (SSSR count). The summed E-state index contributed by atoms with van der Waals surface area (Å²) in [6, 6.07) is 15.8. The molecular formula is C24H20F3N5O. The zero-order chi connectivity index (χ0) is 23.0. The fourth-order valence-electron chi connectivity index (χ4n) is 4.25. The monoisotopic (exact) mass is 451 g/mol. The van der Waals surface area contributed by atoms with E-state index in [2.05, 4.69) is 20.4 Å². The first-order valence-electron chi connectivity index (χ1n) is 10.6. The summed E-state index contributed by atoms with van der Waals surface area (Å²) in [6.07, 6.45) is -2.74. The number of carbonyl (C=O) groups is 1. The summed E-state index contributed by atoms with van der Waals surface area (Å²) in [7, 11) is 0. The van der Waals surface area contributed by atoms with Crippen molar-refractivity contribution in [1.82, 2.24) is 25.3 Å². The van der Waals surface area contributed by atoms with Gasteiger partial charge in [0, 0.05) is 35.8 Å². The molecule has 1 amide bonds. The van der Waals surface area contributed by atoms with Crippen molar-refractivity contribution in [2.24, 2.45) is 0 Å². The molecule has 1 atom stereocenters. The lowest BCUT2D eigenvalue weighted by Crippen LogP contribution is -2.39. The van der Waals surface area contributed by atoms with Gasteiger partial charge < -0.3 is 4.90 Å². The predicted molar refractivity (Wildman–Crippen MR) is 116 cm³/mol. The summed E-state index contributed by atoms with van der Waals surface area (Å²) in [4.78, 5) is 19.6. The van der Waals surface area contributed by atoms with Gasteiger partial charge in [0.15, 0.2) is 0 Å². The van der Waals surface area contributed by atoms with Gasteiger partial charge in [-0.3, -0.25) is 9.78 Å². The van der Waals surface area contributed by atoms with Gasteiger partial charge in [0.2, 0.25) is 0 Å². The highest BCUT2D eigenvalue weighted by atomic mass is 19.4. The van der Waals surface area contributed by atoms with Crippen LogP contribution in [0.15, 0.2) is 60.7 Å². The molecule has 2 aromatic heterocycles. The first-order chi connectivity index (χ1) is 15.9. The highest BCUT2D eigenvalue weighted by Gasteiger charge is 2.31. The molecule has 1 aliphatic heterocycles. The maximum atomic E-state index is 13.1. The Morgan fingerprint density at radius 3 is 2.67 bits per heavy atom. The van der Waals surface area contributed by atoms with Gasteiger partial charge in [-0.15, -0.1) is 0 Å². The Labute approximate surface area is 187 Å². The number of aromatic nitrogens is 4. The van der Waals surface area contributed by atoms with Crippen LogP contribution in [0.1, 0.15) is 40.4 Å². The van der Waals surface area contributed by atoms with Crippen LogP contribution in [0.5, 0.6) is 0 Å². The maximum Gasteiger partial charge on any atom is 0.416 e. The van der Waals surface area contributed by atoms with Gasteiger partial charge in [-0.1, -0.05) is 18.2 Å². The van der Waals surface area contributed by atoms with Gasteiger partial charge in [0.05, 0.1) is 11.3 Å². The lowest BCUT2D eigenvalue weighted by Gasteiger charge is -2.32. The minimum absolute atomic E-state index is 0.00392. The Balaban J connectivity index is 1.37. The quantitative estimate of drug-likeness (QED) is 0.473. The van der Waals surface area contributed by atoms with Crippen LogP contribution in [0.25, 0.3) is 22.3 Å². The minimum atomic E-state index is -4.41. The number of aromatic amines is 1. The number of fused-ring (bicyclic) bond motifs is 1. The van der Waals surface area contributed by atoms with Crippen molar-refractivity contribution in [3.8, 4) is 11.3 Å². The summed E-state index contributed by atoms with van der Waals surface area (Å²) in [5.41, 5.74) is 2.83. The van der Waals surface area contributed by atoms with Crippen molar-refractivity contribution in [2.45, 2.75) is 24.9 Å². The zero-order valence-electron chi connectivity index (χ0n) is 17.5. The number of nitrogens with one attached hydrogen (secondary N) is 1. The molecule has 0 spiro atoms. The van der Waals surface area contributed by atoms with E-state index in [1.807, 2.05) is 6.07 Å². The van der Waals surface area contributed by atoms with Crippen molar-refractivity contribution in [1.29, 1.82) is 0 Å². The average molecular weight is 451 g/mol. The van der Waals surface area contributed by atoms with Gasteiger partial charge in [-0.05, 0) is 55.3 Å². The van der Waals surface area contributed by atoms with Crippen molar-refractivity contribution in [3.05, 3.63) is 77.5 Å². The molecule has 1 aliphatic rings. The normalized spacial score (nSPS) is 16.8. The molecule has 4 aromatic rings. The van der Waals surface area contributed by atoms with Crippen LogP contribution in [-0.4, -0.2) is 44.3 Å². The zero-order valence-corrected chi connectivity index (χ0v) is 17.5. The third kappa shape index (κ3) is 4.30. The van der Waals surface area contributed by atoms with E-state index in [9.17, 15) is 18.0 Å². The van der Waals surface area contributed by atoms with Crippen molar-refractivity contribution in [3.63, 3.8) is 0 Å². The van der Waals surface area contributed by atoms with E-state index in [1.165, 1.54) is 6.07 Å². The van der Waals surface area contributed by atoms with Gasteiger partial charge in [0.1, 0.15) is 11.0 Å². The van der Waals surface area contributed by atoms with E-state index in [1.54, 1.807) is 41.3 Å². The molecule has 0 bridgehead atoms.